The molecule has 0 spiro atoms. The number of aliphatic hydroxyl groups excluding tert-OH is 1. The predicted molar refractivity (Wildman–Crippen MR) is 101 cm³/mol. The standard InChI is InChI=1S/C15H18F2N3O2P3/c16-23-18-24(14-8-3-1-4-9-14,15-10-5-2-6-11-15)20-25(17,19-23)22-13-7-12-21/h1-6,8-11,21,23H,7,12-13H2/t25-/m1/s1. The fourth-order valence-electron chi connectivity index (χ4n) is 2.38. The van der Waals surface area contributed by atoms with Crippen molar-refractivity contribution in [3.8, 4) is 0 Å². The van der Waals surface area contributed by atoms with Crippen molar-refractivity contribution in [3.63, 3.8) is 0 Å². The maximum atomic E-state index is 15.2. The molecule has 1 unspecified atom stereocenters. The van der Waals surface area contributed by atoms with E-state index in [1.807, 2.05) is 12.1 Å². The molecule has 5 nitrogen and oxygen atoms in total. The van der Waals surface area contributed by atoms with E-state index >= 15 is 4.20 Å². The van der Waals surface area contributed by atoms with Crippen LogP contribution in [0.5, 0.6) is 0 Å². The lowest BCUT2D eigenvalue weighted by Gasteiger charge is -2.26. The number of rotatable bonds is 6. The van der Waals surface area contributed by atoms with E-state index in [0.29, 0.717) is 10.6 Å². The summed E-state index contributed by atoms with van der Waals surface area (Å²) in [7, 11) is -10.3. The fourth-order valence-corrected chi connectivity index (χ4v) is 11.0. The molecule has 1 heterocycles. The van der Waals surface area contributed by atoms with Gasteiger partial charge in [-0.3, -0.25) is 0 Å². The first kappa shape index (κ1) is 18.7. The average Bonchev–Trinajstić information content (AvgIpc) is 2.62. The minimum absolute atomic E-state index is 0.0630. The number of benzene rings is 2. The lowest BCUT2D eigenvalue weighted by molar-refractivity contribution is 0.237. The topological polar surface area (TPSA) is 66.5 Å². The summed E-state index contributed by atoms with van der Waals surface area (Å²) in [5.41, 5.74) is 0. The van der Waals surface area contributed by atoms with Gasteiger partial charge in [-0.15, -0.1) is 0 Å². The number of aliphatic hydroxyl groups is 1. The monoisotopic (exact) mass is 403 g/mol. The van der Waals surface area contributed by atoms with Gasteiger partial charge in [-0.1, -0.05) is 60.7 Å². The van der Waals surface area contributed by atoms with Gasteiger partial charge in [0.2, 0.25) is 8.17 Å². The Hall–Kier alpha value is -1.09. The van der Waals surface area contributed by atoms with Crippen LogP contribution in [-0.2, 0) is 4.52 Å². The predicted octanol–water partition coefficient (Wildman–Crippen LogP) is 5.28. The van der Waals surface area contributed by atoms with Crippen LogP contribution in [-0.4, -0.2) is 18.3 Å². The van der Waals surface area contributed by atoms with E-state index in [4.69, 9.17) is 9.63 Å². The van der Waals surface area contributed by atoms with Gasteiger partial charge in [-0.05, 0) is 6.42 Å². The van der Waals surface area contributed by atoms with Crippen LogP contribution in [0.15, 0.2) is 74.2 Å². The Bertz CT molecular complexity index is 833. The van der Waals surface area contributed by atoms with Crippen LogP contribution >= 0.6 is 23.1 Å². The molecule has 3 rings (SSSR count). The van der Waals surface area contributed by atoms with Crippen molar-refractivity contribution in [2.45, 2.75) is 6.42 Å². The molecule has 2 aromatic carbocycles. The van der Waals surface area contributed by atoms with Crippen molar-refractivity contribution in [1.29, 1.82) is 0 Å². The van der Waals surface area contributed by atoms with Crippen molar-refractivity contribution in [1.82, 2.24) is 0 Å². The van der Waals surface area contributed by atoms with E-state index in [9.17, 15) is 4.20 Å². The molecule has 0 bridgehead atoms. The minimum atomic E-state index is -4.14. The van der Waals surface area contributed by atoms with E-state index in [-0.39, 0.29) is 19.6 Å². The summed E-state index contributed by atoms with van der Waals surface area (Å²) < 4.78 is 46.9. The molecule has 10 heteroatoms. The first-order valence-corrected chi connectivity index (χ1v) is 12.1. The van der Waals surface area contributed by atoms with Gasteiger partial charge in [0.25, 0.3) is 0 Å². The normalized spacial score (nSPS) is 24.7. The SMILES string of the molecule is OCCCO[P@@]1(F)=NP(c2ccccc2)(c2ccccc2)=N[PH](F)=N1. The highest BCUT2D eigenvalue weighted by atomic mass is 31.3. The van der Waals surface area contributed by atoms with E-state index in [0.717, 1.165) is 0 Å². The molecule has 2 aromatic rings. The van der Waals surface area contributed by atoms with Gasteiger partial charge in [0.05, 0.1) is 6.61 Å². The molecule has 0 fully saturated rings. The molecule has 1 N–H and O–H groups in total. The molecular weight excluding hydrogens is 385 g/mol. The number of nitrogens with zero attached hydrogens (tertiary/aromatic N) is 3. The molecule has 0 aliphatic carbocycles. The molecule has 25 heavy (non-hydrogen) atoms. The molecule has 0 saturated carbocycles. The number of hydrogen-bond acceptors (Lipinski definition) is 5. The Morgan fingerprint density at radius 3 is 2.08 bits per heavy atom. The van der Waals surface area contributed by atoms with E-state index < -0.39 is 23.1 Å². The van der Waals surface area contributed by atoms with Crippen LogP contribution in [0.3, 0.4) is 0 Å². The van der Waals surface area contributed by atoms with Gasteiger partial charge in [0, 0.05) is 17.2 Å². The van der Waals surface area contributed by atoms with Crippen LogP contribution in [0, 0.1) is 0 Å². The van der Waals surface area contributed by atoms with Crippen LogP contribution in [0.4, 0.5) is 8.39 Å². The molecule has 0 amide bonds. The third-order valence-corrected chi connectivity index (χ3v) is 11.4. The zero-order valence-corrected chi connectivity index (χ0v) is 16.0. The third-order valence-electron chi connectivity index (χ3n) is 3.46. The highest BCUT2D eigenvalue weighted by molar-refractivity contribution is 7.88. The Kier molecular flexibility index (Phi) is 6.04. The summed E-state index contributed by atoms with van der Waals surface area (Å²) in [4.78, 5) is 0. The highest BCUT2D eigenvalue weighted by Gasteiger charge is 2.35. The van der Waals surface area contributed by atoms with Crippen molar-refractivity contribution in [2.75, 3.05) is 13.2 Å². The Morgan fingerprint density at radius 2 is 1.56 bits per heavy atom. The lowest BCUT2D eigenvalue weighted by Crippen LogP contribution is -2.14. The summed E-state index contributed by atoms with van der Waals surface area (Å²) in [6.07, 6.45) is 0.240. The molecular formula is C15H18F2N3O2P3. The summed E-state index contributed by atoms with van der Waals surface area (Å²) in [6.45, 7) is -0.206. The Balaban J connectivity index is 2.22. The summed E-state index contributed by atoms with van der Waals surface area (Å²) in [6, 6.07) is 18.0. The molecule has 1 aliphatic rings. The highest BCUT2D eigenvalue weighted by Crippen LogP contribution is 2.73. The van der Waals surface area contributed by atoms with Gasteiger partial charge in [-0.25, -0.2) is 4.52 Å². The van der Waals surface area contributed by atoms with Gasteiger partial charge < -0.3 is 9.63 Å². The Labute approximate surface area is 146 Å². The van der Waals surface area contributed by atoms with Crippen molar-refractivity contribution >= 4 is 33.7 Å². The van der Waals surface area contributed by atoms with Crippen LogP contribution in [0.2, 0.25) is 0 Å². The van der Waals surface area contributed by atoms with Crippen molar-refractivity contribution < 1.29 is 18.0 Å². The van der Waals surface area contributed by atoms with E-state index in [1.165, 1.54) is 0 Å². The summed E-state index contributed by atoms with van der Waals surface area (Å²) >= 11 is 0. The zero-order chi connectivity index (χ0) is 17.8. The van der Waals surface area contributed by atoms with Crippen molar-refractivity contribution in [3.05, 3.63) is 60.7 Å². The molecule has 0 saturated heterocycles. The summed E-state index contributed by atoms with van der Waals surface area (Å²) in [5.74, 6) is 0. The van der Waals surface area contributed by atoms with Gasteiger partial charge in [-0.2, -0.15) is 17.4 Å². The average molecular weight is 403 g/mol. The molecule has 0 aromatic heterocycles. The van der Waals surface area contributed by atoms with E-state index in [1.54, 1.807) is 48.5 Å². The second-order valence-electron chi connectivity index (χ2n) is 5.21. The van der Waals surface area contributed by atoms with Gasteiger partial charge in [0.1, 0.15) is 7.21 Å². The molecule has 134 valence electrons. The smallest absolute Gasteiger partial charge is 0.382 e. The molecule has 2 atom stereocenters. The largest absolute Gasteiger partial charge is 0.396 e. The van der Waals surface area contributed by atoms with Crippen LogP contribution in [0.25, 0.3) is 0 Å². The van der Waals surface area contributed by atoms with Gasteiger partial charge in [0.15, 0.2) is 0 Å². The Morgan fingerprint density at radius 1 is 1.00 bits per heavy atom. The maximum Gasteiger partial charge on any atom is 0.382 e. The second kappa shape index (κ2) is 8.07. The first-order valence-electron chi connectivity index (χ1n) is 7.66. The van der Waals surface area contributed by atoms with E-state index in [2.05, 4.69) is 13.5 Å². The van der Waals surface area contributed by atoms with Crippen molar-refractivity contribution in [2.24, 2.45) is 13.5 Å². The number of halogens is 2. The quantitative estimate of drug-likeness (QED) is 0.527. The molecule has 0 radical (unpaired) electrons. The summed E-state index contributed by atoms with van der Waals surface area (Å²) in [5, 5.41) is 10.2. The fraction of sp³-hybridized carbons (Fsp3) is 0.200. The maximum absolute atomic E-state index is 15.2. The van der Waals surface area contributed by atoms with Crippen LogP contribution in [0.1, 0.15) is 6.42 Å². The molecule has 1 aliphatic heterocycles. The first-order chi connectivity index (χ1) is 12.1. The second-order valence-corrected chi connectivity index (χ2v) is 11.5. The zero-order valence-electron chi connectivity index (χ0n) is 13.2. The number of hydrogen-bond donors (Lipinski definition) is 1. The third kappa shape index (κ3) is 4.19. The lowest BCUT2D eigenvalue weighted by atomic mass is 10.4. The van der Waals surface area contributed by atoms with Crippen LogP contribution < -0.4 is 10.6 Å². The minimum Gasteiger partial charge on any atom is -0.396 e. The van der Waals surface area contributed by atoms with Gasteiger partial charge >= 0.3 is 7.74 Å².